The maximum atomic E-state index is 5.54. The molecule has 1 N–H and O–H groups in total. The molecule has 2 rings (SSSR count). The Bertz CT molecular complexity index is 567. The second kappa shape index (κ2) is 7.93. The van der Waals surface area contributed by atoms with Crippen LogP contribution in [0.5, 0.6) is 11.5 Å². The number of hydrogen-bond donors (Lipinski definition) is 1. The van der Waals surface area contributed by atoms with E-state index in [2.05, 4.69) is 17.2 Å². The Kier molecular flexibility index (Phi) is 5.56. The largest absolute Gasteiger partial charge is 0.493 e. The van der Waals surface area contributed by atoms with Crippen LogP contribution in [-0.4, -0.2) is 20.3 Å². The van der Waals surface area contributed by atoms with Gasteiger partial charge in [-0.1, -0.05) is 24.0 Å². The Morgan fingerprint density at radius 2 is 1.95 bits per heavy atom. The van der Waals surface area contributed by atoms with Gasteiger partial charge in [0.15, 0.2) is 11.5 Å². The smallest absolute Gasteiger partial charge is 0.162 e. The van der Waals surface area contributed by atoms with Crippen LogP contribution in [0, 0.1) is 11.8 Å². The van der Waals surface area contributed by atoms with Crippen LogP contribution in [0.2, 0.25) is 0 Å². The van der Waals surface area contributed by atoms with Crippen LogP contribution in [-0.2, 0) is 6.54 Å². The van der Waals surface area contributed by atoms with Crippen molar-refractivity contribution in [1.29, 1.82) is 0 Å². The molecule has 4 nitrogen and oxygen atoms in total. The average molecular weight is 271 g/mol. The van der Waals surface area contributed by atoms with E-state index in [0.717, 1.165) is 5.76 Å². The Hall–Kier alpha value is -2.38. The summed E-state index contributed by atoms with van der Waals surface area (Å²) in [6.45, 7) is 1.60. The van der Waals surface area contributed by atoms with Crippen LogP contribution < -0.4 is 14.8 Å². The van der Waals surface area contributed by atoms with E-state index < -0.39 is 0 Å². The van der Waals surface area contributed by atoms with Crippen molar-refractivity contribution in [1.82, 2.24) is 5.32 Å². The van der Waals surface area contributed by atoms with Gasteiger partial charge in [0.1, 0.15) is 12.4 Å². The first-order valence-electron chi connectivity index (χ1n) is 6.35. The monoisotopic (exact) mass is 271 g/mol. The van der Waals surface area contributed by atoms with E-state index in [1.54, 1.807) is 13.4 Å². The molecule has 0 fully saturated rings. The third kappa shape index (κ3) is 4.38. The second-order valence-electron chi connectivity index (χ2n) is 3.98. The van der Waals surface area contributed by atoms with Gasteiger partial charge in [-0.3, -0.25) is 5.32 Å². The van der Waals surface area contributed by atoms with Gasteiger partial charge in [-0.25, -0.2) is 0 Å². The molecule has 2 aromatic rings. The fourth-order valence-corrected chi connectivity index (χ4v) is 1.63. The zero-order chi connectivity index (χ0) is 14.0. The lowest BCUT2D eigenvalue weighted by atomic mass is 10.3. The second-order valence-corrected chi connectivity index (χ2v) is 3.98. The summed E-state index contributed by atoms with van der Waals surface area (Å²) >= 11 is 0. The average Bonchev–Trinajstić information content (AvgIpc) is 3.00. The maximum Gasteiger partial charge on any atom is 0.162 e. The van der Waals surface area contributed by atoms with Gasteiger partial charge >= 0.3 is 0 Å². The SMILES string of the molecule is COc1ccccc1OCC#CCNCc1ccco1. The van der Waals surface area contributed by atoms with Crippen molar-refractivity contribution in [2.24, 2.45) is 0 Å². The maximum absolute atomic E-state index is 5.54. The zero-order valence-corrected chi connectivity index (χ0v) is 11.4. The predicted octanol–water partition coefficient (Wildman–Crippen LogP) is 2.46. The Labute approximate surface area is 118 Å². The van der Waals surface area contributed by atoms with Crippen LogP contribution >= 0.6 is 0 Å². The Morgan fingerprint density at radius 1 is 1.10 bits per heavy atom. The molecule has 1 aromatic carbocycles. The van der Waals surface area contributed by atoms with Crippen molar-refractivity contribution in [2.45, 2.75) is 6.54 Å². The molecule has 0 aliphatic heterocycles. The molecule has 20 heavy (non-hydrogen) atoms. The highest BCUT2D eigenvalue weighted by Crippen LogP contribution is 2.25. The molecule has 0 saturated carbocycles. The van der Waals surface area contributed by atoms with E-state index in [-0.39, 0.29) is 0 Å². The Balaban J connectivity index is 1.67. The number of methoxy groups -OCH3 is 1. The third-order valence-corrected chi connectivity index (χ3v) is 2.59. The molecule has 0 aliphatic rings. The lowest BCUT2D eigenvalue weighted by Gasteiger charge is -2.07. The van der Waals surface area contributed by atoms with Crippen LogP contribution in [0.4, 0.5) is 0 Å². The van der Waals surface area contributed by atoms with Crippen LogP contribution in [0.25, 0.3) is 0 Å². The molecule has 0 radical (unpaired) electrons. The zero-order valence-electron chi connectivity index (χ0n) is 11.4. The minimum absolute atomic E-state index is 0.336. The standard InChI is InChI=1S/C16H17NO3/c1-18-15-8-2-3-9-16(15)20-11-5-4-10-17-13-14-7-6-12-19-14/h2-3,6-9,12,17H,10-11,13H2,1H3. The molecule has 4 heteroatoms. The van der Waals surface area contributed by atoms with E-state index in [4.69, 9.17) is 13.9 Å². The Morgan fingerprint density at radius 3 is 2.70 bits per heavy atom. The highest BCUT2D eigenvalue weighted by molar-refractivity contribution is 5.39. The fourth-order valence-electron chi connectivity index (χ4n) is 1.63. The van der Waals surface area contributed by atoms with Gasteiger partial charge in [-0.15, -0.1) is 0 Å². The number of para-hydroxylation sites is 2. The fraction of sp³-hybridized carbons (Fsp3) is 0.250. The molecule has 0 unspecified atom stereocenters. The lowest BCUT2D eigenvalue weighted by Crippen LogP contribution is -2.12. The number of rotatable bonds is 6. The molecule has 1 heterocycles. The molecule has 1 aromatic heterocycles. The first-order chi connectivity index (χ1) is 9.90. The summed E-state index contributed by atoms with van der Waals surface area (Å²) in [6, 6.07) is 11.3. The first kappa shape index (κ1) is 14.0. The van der Waals surface area contributed by atoms with Crippen molar-refractivity contribution < 1.29 is 13.9 Å². The third-order valence-electron chi connectivity index (χ3n) is 2.59. The first-order valence-corrected chi connectivity index (χ1v) is 6.35. The molecular weight excluding hydrogens is 254 g/mol. The summed E-state index contributed by atoms with van der Waals surface area (Å²) in [7, 11) is 1.62. The lowest BCUT2D eigenvalue weighted by molar-refractivity contribution is 0.331. The van der Waals surface area contributed by atoms with E-state index in [1.165, 1.54) is 0 Å². The highest BCUT2D eigenvalue weighted by Gasteiger charge is 2.00. The van der Waals surface area contributed by atoms with Gasteiger partial charge in [0, 0.05) is 0 Å². The van der Waals surface area contributed by atoms with E-state index in [0.29, 0.717) is 31.2 Å². The topological polar surface area (TPSA) is 43.6 Å². The molecule has 0 aliphatic carbocycles. The number of furan rings is 1. The van der Waals surface area contributed by atoms with Crippen molar-refractivity contribution in [3.8, 4) is 23.3 Å². The summed E-state index contributed by atoms with van der Waals surface area (Å²) in [5.74, 6) is 8.25. The molecule has 0 atom stereocenters. The molecule has 0 spiro atoms. The van der Waals surface area contributed by atoms with Gasteiger partial charge in [0.05, 0.1) is 26.5 Å². The molecule has 0 saturated heterocycles. The number of nitrogens with one attached hydrogen (secondary N) is 1. The number of ether oxygens (including phenoxy) is 2. The van der Waals surface area contributed by atoms with Gasteiger partial charge in [0.25, 0.3) is 0 Å². The van der Waals surface area contributed by atoms with Crippen LogP contribution in [0.3, 0.4) is 0 Å². The number of benzene rings is 1. The van der Waals surface area contributed by atoms with Crippen LogP contribution in [0.1, 0.15) is 5.76 Å². The molecule has 0 amide bonds. The van der Waals surface area contributed by atoms with E-state index >= 15 is 0 Å². The van der Waals surface area contributed by atoms with E-state index in [1.807, 2.05) is 36.4 Å². The summed E-state index contributed by atoms with van der Waals surface area (Å²) in [4.78, 5) is 0. The van der Waals surface area contributed by atoms with Gasteiger partial charge in [-0.2, -0.15) is 0 Å². The minimum atomic E-state index is 0.336. The van der Waals surface area contributed by atoms with Gasteiger partial charge < -0.3 is 13.9 Å². The summed E-state index contributed by atoms with van der Waals surface area (Å²) in [5, 5.41) is 3.16. The molecule has 0 bridgehead atoms. The van der Waals surface area contributed by atoms with Crippen molar-refractivity contribution >= 4 is 0 Å². The van der Waals surface area contributed by atoms with Gasteiger partial charge in [-0.05, 0) is 24.3 Å². The normalized spacial score (nSPS) is 9.65. The van der Waals surface area contributed by atoms with Crippen LogP contribution in [0.15, 0.2) is 47.1 Å². The summed E-state index contributed by atoms with van der Waals surface area (Å²) in [5.41, 5.74) is 0. The highest BCUT2D eigenvalue weighted by atomic mass is 16.5. The van der Waals surface area contributed by atoms with Crippen molar-refractivity contribution in [3.05, 3.63) is 48.4 Å². The van der Waals surface area contributed by atoms with Crippen molar-refractivity contribution in [3.63, 3.8) is 0 Å². The van der Waals surface area contributed by atoms with E-state index in [9.17, 15) is 0 Å². The minimum Gasteiger partial charge on any atom is -0.493 e. The predicted molar refractivity (Wildman–Crippen MR) is 76.7 cm³/mol. The number of hydrogen-bond acceptors (Lipinski definition) is 4. The summed E-state index contributed by atoms with van der Waals surface area (Å²) in [6.07, 6.45) is 1.66. The molecule has 104 valence electrons. The quantitative estimate of drug-likeness (QED) is 0.647. The summed E-state index contributed by atoms with van der Waals surface area (Å²) < 4.78 is 15.9. The molecular formula is C16H17NO3. The van der Waals surface area contributed by atoms with Gasteiger partial charge in [0.2, 0.25) is 0 Å². The van der Waals surface area contributed by atoms with Crippen molar-refractivity contribution in [2.75, 3.05) is 20.3 Å².